The maximum absolute atomic E-state index is 12.8. The number of rotatable bonds is 4. The Kier molecular flexibility index (Phi) is 5.64. The number of benzene rings is 2. The van der Waals surface area contributed by atoms with Gasteiger partial charge in [0, 0.05) is 18.3 Å². The second kappa shape index (κ2) is 7.85. The molecule has 7 nitrogen and oxygen atoms in total. The molecule has 4 amide bonds. The van der Waals surface area contributed by atoms with Crippen LogP contribution in [0.4, 0.5) is 11.4 Å². The number of anilines is 2. The molecule has 0 saturated heterocycles. The first-order valence-corrected chi connectivity index (χ1v) is 9.42. The van der Waals surface area contributed by atoms with E-state index >= 15 is 0 Å². The number of hydrogen-bond acceptors (Lipinski definition) is 4. The van der Waals surface area contributed by atoms with E-state index in [1.165, 1.54) is 26.0 Å². The van der Waals surface area contributed by atoms with Crippen LogP contribution >= 0.6 is 23.2 Å². The van der Waals surface area contributed by atoms with Gasteiger partial charge in [0.1, 0.15) is 6.04 Å². The summed E-state index contributed by atoms with van der Waals surface area (Å²) in [5.41, 5.74) is 1.86. The fraction of sp³-hybridized carbons (Fsp3) is 0.200. The van der Waals surface area contributed by atoms with Crippen LogP contribution in [0, 0.1) is 6.92 Å². The van der Waals surface area contributed by atoms with Crippen LogP contribution in [0.3, 0.4) is 0 Å². The molecule has 0 bridgehead atoms. The molecule has 0 aromatic heterocycles. The minimum Gasteiger partial charge on any atom is -0.326 e. The Morgan fingerprint density at radius 2 is 1.45 bits per heavy atom. The number of halogens is 2. The van der Waals surface area contributed by atoms with Crippen LogP contribution in [0.5, 0.6) is 0 Å². The van der Waals surface area contributed by atoms with E-state index in [1.54, 1.807) is 25.1 Å². The van der Waals surface area contributed by atoms with Crippen molar-refractivity contribution < 1.29 is 19.2 Å². The van der Waals surface area contributed by atoms with Crippen molar-refractivity contribution in [1.82, 2.24) is 4.90 Å². The lowest BCUT2D eigenvalue weighted by Gasteiger charge is -2.22. The van der Waals surface area contributed by atoms with Crippen molar-refractivity contribution in [1.29, 1.82) is 0 Å². The number of nitrogens with one attached hydrogen (secondary N) is 2. The second-order valence-electron chi connectivity index (χ2n) is 6.62. The molecule has 0 radical (unpaired) electrons. The molecule has 1 aliphatic rings. The molecule has 0 aliphatic carbocycles. The molecular formula is C20H17Cl2N3O4. The molecule has 1 aliphatic heterocycles. The summed E-state index contributed by atoms with van der Waals surface area (Å²) >= 11 is 11.9. The van der Waals surface area contributed by atoms with E-state index in [9.17, 15) is 19.2 Å². The van der Waals surface area contributed by atoms with Gasteiger partial charge in [0.25, 0.3) is 11.8 Å². The Bertz CT molecular complexity index is 1030. The van der Waals surface area contributed by atoms with Crippen molar-refractivity contribution in [2.24, 2.45) is 0 Å². The molecule has 2 N–H and O–H groups in total. The summed E-state index contributed by atoms with van der Waals surface area (Å²) < 4.78 is 0. The first kappa shape index (κ1) is 20.8. The van der Waals surface area contributed by atoms with Crippen LogP contribution in [-0.4, -0.2) is 34.6 Å². The number of fused-ring (bicyclic) bond motifs is 1. The van der Waals surface area contributed by atoms with E-state index in [4.69, 9.17) is 23.2 Å². The summed E-state index contributed by atoms with van der Waals surface area (Å²) in [5.74, 6) is -2.03. The smallest absolute Gasteiger partial charge is 0.262 e. The Morgan fingerprint density at radius 1 is 0.966 bits per heavy atom. The number of nitrogens with zero attached hydrogens (tertiary/aromatic N) is 1. The van der Waals surface area contributed by atoms with Crippen LogP contribution in [0.2, 0.25) is 10.0 Å². The minimum atomic E-state index is -1.08. The highest BCUT2D eigenvalue weighted by Crippen LogP contribution is 2.32. The molecule has 1 atom stereocenters. The summed E-state index contributed by atoms with van der Waals surface area (Å²) in [6, 6.07) is 6.60. The molecule has 1 heterocycles. The summed E-state index contributed by atoms with van der Waals surface area (Å²) in [7, 11) is 0. The Labute approximate surface area is 177 Å². The minimum absolute atomic E-state index is 0.105. The van der Waals surface area contributed by atoms with Crippen molar-refractivity contribution in [3.05, 3.63) is 57.1 Å². The second-order valence-corrected chi connectivity index (χ2v) is 7.43. The van der Waals surface area contributed by atoms with Gasteiger partial charge in [-0.05, 0) is 43.7 Å². The molecule has 9 heteroatoms. The standard InChI is InChI=1S/C20H17Cl2N3O4/c1-9-16(23-11(3)26)5-4-6-17(9)24-18(27)10(2)25-19(28)12-7-14(21)15(22)8-13(12)20(25)29/h4-8,10H,1-3H3,(H,23,26)(H,24,27). The highest BCUT2D eigenvalue weighted by atomic mass is 35.5. The predicted molar refractivity (Wildman–Crippen MR) is 111 cm³/mol. The fourth-order valence-electron chi connectivity index (χ4n) is 3.05. The summed E-state index contributed by atoms with van der Waals surface area (Å²) in [6.07, 6.45) is 0. The van der Waals surface area contributed by atoms with Crippen molar-refractivity contribution >= 4 is 58.2 Å². The SMILES string of the molecule is CC(=O)Nc1cccc(NC(=O)C(C)N2C(=O)c3cc(Cl)c(Cl)cc3C2=O)c1C. The molecule has 150 valence electrons. The number of imide groups is 1. The van der Waals surface area contributed by atoms with Gasteiger partial charge in [-0.15, -0.1) is 0 Å². The summed E-state index contributed by atoms with van der Waals surface area (Å²) in [6.45, 7) is 4.57. The maximum Gasteiger partial charge on any atom is 0.262 e. The van der Waals surface area contributed by atoms with Gasteiger partial charge in [0.2, 0.25) is 11.8 Å². The van der Waals surface area contributed by atoms with Crippen LogP contribution < -0.4 is 10.6 Å². The number of hydrogen-bond donors (Lipinski definition) is 2. The van der Waals surface area contributed by atoms with Gasteiger partial charge < -0.3 is 10.6 Å². The Balaban J connectivity index is 1.84. The molecule has 0 saturated carbocycles. The van der Waals surface area contributed by atoms with Gasteiger partial charge in [-0.2, -0.15) is 0 Å². The number of carbonyl (C=O) groups excluding carboxylic acids is 4. The van der Waals surface area contributed by atoms with Gasteiger partial charge in [0.05, 0.1) is 21.2 Å². The van der Waals surface area contributed by atoms with Gasteiger partial charge in [-0.3, -0.25) is 24.1 Å². The maximum atomic E-state index is 12.8. The van der Waals surface area contributed by atoms with Gasteiger partial charge in [0.15, 0.2) is 0 Å². The zero-order valence-electron chi connectivity index (χ0n) is 15.8. The van der Waals surface area contributed by atoms with E-state index in [1.807, 2.05) is 0 Å². The van der Waals surface area contributed by atoms with Crippen molar-refractivity contribution in [3.8, 4) is 0 Å². The van der Waals surface area contributed by atoms with E-state index in [2.05, 4.69) is 10.6 Å². The average Bonchev–Trinajstić information content (AvgIpc) is 2.88. The topological polar surface area (TPSA) is 95.6 Å². The van der Waals surface area contributed by atoms with E-state index in [0.29, 0.717) is 16.9 Å². The van der Waals surface area contributed by atoms with E-state index in [0.717, 1.165) is 4.90 Å². The van der Waals surface area contributed by atoms with Gasteiger partial charge in [-0.25, -0.2) is 0 Å². The number of carbonyl (C=O) groups is 4. The lowest BCUT2D eigenvalue weighted by atomic mass is 10.1. The summed E-state index contributed by atoms with van der Waals surface area (Å²) in [4.78, 5) is 50.3. The highest BCUT2D eigenvalue weighted by Gasteiger charge is 2.41. The molecule has 0 spiro atoms. The van der Waals surface area contributed by atoms with Crippen molar-refractivity contribution in [2.45, 2.75) is 26.8 Å². The Hall–Kier alpha value is -2.90. The monoisotopic (exact) mass is 433 g/mol. The normalized spacial score (nSPS) is 13.9. The van der Waals surface area contributed by atoms with Crippen LogP contribution in [0.25, 0.3) is 0 Å². The van der Waals surface area contributed by atoms with Crippen molar-refractivity contribution in [3.63, 3.8) is 0 Å². The highest BCUT2D eigenvalue weighted by molar-refractivity contribution is 6.43. The Morgan fingerprint density at radius 3 is 1.93 bits per heavy atom. The molecule has 2 aromatic rings. The predicted octanol–water partition coefficient (Wildman–Crippen LogP) is 3.88. The third-order valence-corrected chi connectivity index (χ3v) is 5.35. The van der Waals surface area contributed by atoms with Crippen molar-refractivity contribution in [2.75, 3.05) is 10.6 Å². The summed E-state index contributed by atoms with van der Waals surface area (Å²) in [5, 5.41) is 5.67. The third-order valence-electron chi connectivity index (χ3n) is 4.63. The average molecular weight is 434 g/mol. The molecule has 2 aromatic carbocycles. The fourth-order valence-corrected chi connectivity index (χ4v) is 3.38. The van der Waals surface area contributed by atoms with Gasteiger partial charge in [-0.1, -0.05) is 29.3 Å². The van der Waals surface area contributed by atoms with E-state index < -0.39 is 23.8 Å². The largest absolute Gasteiger partial charge is 0.326 e. The molecule has 3 rings (SSSR count). The zero-order chi connectivity index (χ0) is 21.5. The van der Waals surface area contributed by atoms with E-state index in [-0.39, 0.29) is 27.1 Å². The molecular weight excluding hydrogens is 417 g/mol. The number of amides is 4. The first-order chi connectivity index (χ1) is 13.6. The van der Waals surface area contributed by atoms with Crippen LogP contribution in [-0.2, 0) is 9.59 Å². The quantitative estimate of drug-likeness (QED) is 0.714. The lowest BCUT2D eigenvalue weighted by molar-refractivity contribution is -0.119. The van der Waals surface area contributed by atoms with Crippen LogP contribution in [0.1, 0.15) is 40.1 Å². The third kappa shape index (κ3) is 3.83. The molecule has 0 fully saturated rings. The van der Waals surface area contributed by atoms with Crippen LogP contribution in [0.15, 0.2) is 30.3 Å². The molecule has 1 unspecified atom stereocenters. The lowest BCUT2D eigenvalue weighted by Crippen LogP contribution is -2.45. The first-order valence-electron chi connectivity index (χ1n) is 8.66. The van der Waals surface area contributed by atoms with Gasteiger partial charge >= 0.3 is 0 Å². The molecule has 29 heavy (non-hydrogen) atoms. The zero-order valence-corrected chi connectivity index (χ0v) is 17.3.